The second kappa shape index (κ2) is 7.05. The van der Waals surface area contributed by atoms with E-state index >= 15 is 0 Å². The second-order valence-corrected chi connectivity index (χ2v) is 3.52. The predicted octanol–water partition coefficient (Wildman–Crippen LogP) is 1.58. The number of nitrogens with one attached hydrogen (secondary N) is 1. The van der Waals surface area contributed by atoms with Gasteiger partial charge in [-0.05, 0) is 5.56 Å². The summed E-state index contributed by atoms with van der Waals surface area (Å²) < 4.78 is 9.32. The zero-order valence-electron chi connectivity index (χ0n) is 9.72. The minimum Gasteiger partial charge on any atom is -0.429 e. The number of nitrogens with two attached hydrogens (primary N) is 1. The van der Waals surface area contributed by atoms with Crippen molar-refractivity contribution in [1.29, 1.82) is 5.41 Å². The summed E-state index contributed by atoms with van der Waals surface area (Å²) in [4.78, 5) is 21.6. The van der Waals surface area contributed by atoms with Gasteiger partial charge in [0.25, 0.3) is 0 Å². The summed E-state index contributed by atoms with van der Waals surface area (Å²) in [6, 6.07) is 9.08. The van der Waals surface area contributed by atoms with Gasteiger partial charge in [0.05, 0.1) is 0 Å². The zero-order chi connectivity index (χ0) is 13.4. The Labute approximate surface area is 104 Å². The molecule has 0 atom stereocenters. The first-order valence-electron chi connectivity index (χ1n) is 5.32. The maximum Gasteiger partial charge on any atom is 0.515 e. The Kier molecular flexibility index (Phi) is 5.37. The van der Waals surface area contributed by atoms with E-state index < -0.39 is 12.1 Å². The molecule has 0 aliphatic heterocycles. The third kappa shape index (κ3) is 5.64. The summed E-state index contributed by atoms with van der Waals surface area (Å²) in [6.07, 6.45) is -1.02. The van der Waals surface area contributed by atoms with Crippen LogP contribution in [-0.4, -0.2) is 18.0 Å². The number of ether oxygens (including phenoxy) is 2. The molecule has 0 aliphatic carbocycles. The van der Waals surface area contributed by atoms with E-state index in [1.54, 1.807) is 12.1 Å². The molecule has 1 aromatic carbocycles. The first-order valence-corrected chi connectivity index (χ1v) is 5.32. The van der Waals surface area contributed by atoms with Crippen molar-refractivity contribution >= 4 is 18.0 Å². The van der Waals surface area contributed by atoms with E-state index in [2.05, 4.69) is 4.74 Å². The molecule has 0 radical (unpaired) electrons. The number of carbonyl (C=O) groups excluding carboxylic acids is 2. The zero-order valence-corrected chi connectivity index (χ0v) is 9.72. The average Bonchev–Trinajstić information content (AvgIpc) is 2.35. The van der Waals surface area contributed by atoms with Gasteiger partial charge >= 0.3 is 6.16 Å². The number of benzene rings is 1. The number of carbonyl (C=O) groups is 2. The molecule has 0 saturated carbocycles. The highest BCUT2D eigenvalue weighted by atomic mass is 16.7. The van der Waals surface area contributed by atoms with Crippen LogP contribution in [0.25, 0.3) is 0 Å². The van der Waals surface area contributed by atoms with Gasteiger partial charge in [0.15, 0.2) is 5.90 Å². The number of amides is 1. The fourth-order valence-electron chi connectivity index (χ4n) is 1.13. The third-order valence-corrected chi connectivity index (χ3v) is 2.00. The second-order valence-electron chi connectivity index (χ2n) is 3.52. The Hall–Kier alpha value is -2.37. The molecule has 96 valence electrons. The lowest BCUT2D eigenvalue weighted by atomic mass is 10.2. The molecule has 0 unspecified atom stereocenters. The van der Waals surface area contributed by atoms with Gasteiger partial charge < -0.3 is 15.2 Å². The molecule has 1 rings (SSSR count). The van der Waals surface area contributed by atoms with Crippen LogP contribution in [0.2, 0.25) is 0 Å². The maximum atomic E-state index is 11.2. The molecule has 0 aromatic heterocycles. The van der Waals surface area contributed by atoms with Gasteiger partial charge in [0, 0.05) is 12.8 Å². The van der Waals surface area contributed by atoms with E-state index in [0.29, 0.717) is 0 Å². The van der Waals surface area contributed by atoms with Crippen LogP contribution >= 0.6 is 0 Å². The first kappa shape index (κ1) is 13.7. The minimum absolute atomic E-state index is 0.0181. The van der Waals surface area contributed by atoms with Crippen LogP contribution in [0.4, 0.5) is 4.79 Å². The highest BCUT2D eigenvalue weighted by Gasteiger charge is 2.09. The molecule has 3 N–H and O–H groups in total. The number of primary amides is 1. The van der Waals surface area contributed by atoms with Crippen molar-refractivity contribution in [2.24, 2.45) is 5.73 Å². The summed E-state index contributed by atoms with van der Waals surface area (Å²) >= 11 is 0. The van der Waals surface area contributed by atoms with Crippen LogP contribution in [0.15, 0.2) is 30.3 Å². The normalized spacial score (nSPS) is 9.56. The van der Waals surface area contributed by atoms with Crippen molar-refractivity contribution in [2.75, 3.05) is 0 Å². The standard InChI is InChI=1S/C12H14N2O4/c13-10(15)6-7-11(14)18-12(16)17-8-9-4-2-1-3-5-9/h1-5,14H,6-8H2,(H2,13,15). The molecule has 0 bridgehead atoms. The molecule has 0 spiro atoms. The summed E-state index contributed by atoms with van der Waals surface area (Å²) in [6.45, 7) is 0.0722. The molecule has 18 heavy (non-hydrogen) atoms. The van der Waals surface area contributed by atoms with Crippen LogP contribution < -0.4 is 5.73 Å². The Morgan fingerprint density at radius 2 is 1.83 bits per heavy atom. The van der Waals surface area contributed by atoms with E-state index in [4.69, 9.17) is 15.9 Å². The molecule has 0 fully saturated rings. The van der Waals surface area contributed by atoms with Crippen molar-refractivity contribution < 1.29 is 19.1 Å². The van der Waals surface area contributed by atoms with Gasteiger partial charge in [-0.2, -0.15) is 0 Å². The average molecular weight is 250 g/mol. The van der Waals surface area contributed by atoms with Gasteiger partial charge in [-0.3, -0.25) is 10.2 Å². The smallest absolute Gasteiger partial charge is 0.429 e. The third-order valence-electron chi connectivity index (χ3n) is 2.00. The summed E-state index contributed by atoms with van der Waals surface area (Å²) in [5.41, 5.74) is 5.72. The number of rotatable bonds is 5. The fraction of sp³-hybridized carbons (Fsp3) is 0.250. The van der Waals surface area contributed by atoms with E-state index in [9.17, 15) is 9.59 Å². The molecule has 0 aliphatic rings. The van der Waals surface area contributed by atoms with Gasteiger partial charge in [-0.25, -0.2) is 4.79 Å². The summed E-state index contributed by atoms with van der Waals surface area (Å²) in [5.74, 6) is -0.895. The summed E-state index contributed by atoms with van der Waals surface area (Å²) in [5, 5.41) is 7.26. The lowest BCUT2D eigenvalue weighted by molar-refractivity contribution is -0.117. The molecular weight excluding hydrogens is 236 g/mol. The lowest BCUT2D eigenvalue weighted by Crippen LogP contribution is -2.17. The van der Waals surface area contributed by atoms with Gasteiger partial charge in [0.2, 0.25) is 5.91 Å². The van der Waals surface area contributed by atoms with Crippen molar-refractivity contribution in [1.82, 2.24) is 0 Å². The highest BCUT2D eigenvalue weighted by molar-refractivity contribution is 5.86. The minimum atomic E-state index is -0.965. The Morgan fingerprint density at radius 3 is 2.44 bits per heavy atom. The Bertz CT molecular complexity index is 431. The quantitative estimate of drug-likeness (QED) is 0.470. The van der Waals surface area contributed by atoms with Gasteiger partial charge in [0.1, 0.15) is 6.61 Å². The van der Waals surface area contributed by atoms with Crippen LogP contribution in [0.3, 0.4) is 0 Å². The van der Waals surface area contributed by atoms with Crippen molar-refractivity contribution in [3.8, 4) is 0 Å². The maximum absolute atomic E-state index is 11.2. The Balaban J connectivity index is 2.25. The largest absolute Gasteiger partial charge is 0.515 e. The molecule has 0 heterocycles. The van der Waals surface area contributed by atoms with E-state index in [1.807, 2.05) is 18.2 Å². The van der Waals surface area contributed by atoms with Crippen molar-refractivity contribution in [3.63, 3.8) is 0 Å². The number of hydrogen-bond acceptors (Lipinski definition) is 5. The summed E-state index contributed by atoms with van der Waals surface area (Å²) in [7, 11) is 0. The van der Waals surface area contributed by atoms with E-state index in [1.165, 1.54) is 0 Å². The van der Waals surface area contributed by atoms with Crippen LogP contribution in [0.5, 0.6) is 0 Å². The van der Waals surface area contributed by atoms with E-state index in [-0.39, 0.29) is 25.3 Å². The van der Waals surface area contributed by atoms with E-state index in [0.717, 1.165) is 5.56 Å². The monoisotopic (exact) mass is 250 g/mol. The molecular formula is C12H14N2O4. The highest BCUT2D eigenvalue weighted by Crippen LogP contribution is 2.02. The SMILES string of the molecule is N=C(CCC(N)=O)OC(=O)OCc1ccccc1. The topological polar surface area (TPSA) is 102 Å². The Morgan fingerprint density at radius 1 is 1.17 bits per heavy atom. The lowest BCUT2D eigenvalue weighted by Gasteiger charge is -2.06. The van der Waals surface area contributed by atoms with Crippen LogP contribution in [0.1, 0.15) is 18.4 Å². The molecule has 6 heteroatoms. The van der Waals surface area contributed by atoms with Crippen LogP contribution in [0, 0.1) is 5.41 Å². The van der Waals surface area contributed by atoms with Crippen molar-refractivity contribution in [3.05, 3.63) is 35.9 Å². The first-order chi connectivity index (χ1) is 8.58. The van der Waals surface area contributed by atoms with Gasteiger partial charge in [-0.15, -0.1) is 0 Å². The van der Waals surface area contributed by atoms with Crippen molar-refractivity contribution in [2.45, 2.75) is 19.4 Å². The molecule has 6 nitrogen and oxygen atoms in total. The van der Waals surface area contributed by atoms with Gasteiger partial charge in [-0.1, -0.05) is 30.3 Å². The molecule has 1 amide bonds. The fourth-order valence-corrected chi connectivity index (χ4v) is 1.13. The number of hydrogen-bond donors (Lipinski definition) is 2. The molecule has 1 aromatic rings. The predicted molar refractivity (Wildman–Crippen MR) is 63.9 cm³/mol. The van der Waals surface area contributed by atoms with Crippen LogP contribution in [-0.2, 0) is 20.9 Å². The molecule has 0 saturated heterocycles.